The lowest BCUT2D eigenvalue weighted by molar-refractivity contribution is -0.130. The lowest BCUT2D eigenvalue weighted by Gasteiger charge is -2.37. The molecule has 2 saturated heterocycles. The van der Waals surface area contributed by atoms with Crippen molar-refractivity contribution in [1.82, 2.24) is 10.2 Å². The fraction of sp³-hybridized carbons (Fsp3) is 0.619. The number of nitrogens with one attached hydrogen (secondary N) is 1. The first kappa shape index (κ1) is 19.4. The minimum Gasteiger partial charge on any atom is -0.349 e. The lowest BCUT2D eigenvalue weighted by atomic mass is 9.71. The third-order valence-electron chi connectivity index (χ3n) is 6.62. The van der Waals surface area contributed by atoms with E-state index in [0.717, 1.165) is 18.4 Å². The average molecular weight is 405 g/mol. The quantitative estimate of drug-likeness (QED) is 0.835. The molecule has 6 nitrogen and oxygen atoms in total. The van der Waals surface area contributed by atoms with Gasteiger partial charge < -0.3 is 10.2 Å². The zero-order valence-electron chi connectivity index (χ0n) is 16.5. The maximum atomic E-state index is 12.9. The number of carbonyl (C=O) groups is 2. The molecule has 2 amide bonds. The molecular formula is C21H28N2O4S. The molecule has 3 aliphatic rings. The van der Waals surface area contributed by atoms with Gasteiger partial charge in [-0.05, 0) is 35.8 Å². The third kappa shape index (κ3) is 3.56. The van der Waals surface area contributed by atoms with Crippen molar-refractivity contribution in [3.05, 3.63) is 35.4 Å². The highest BCUT2D eigenvalue weighted by Crippen LogP contribution is 2.41. The van der Waals surface area contributed by atoms with Gasteiger partial charge in [-0.1, -0.05) is 38.1 Å². The van der Waals surface area contributed by atoms with Gasteiger partial charge in [0.15, 0.2) is 9.84 Å². The van der Waals surface area contributed by atoms with E-state index >= 15 is 0 Å². The first-order valence-electron chi connectivity index (χ1n) is 10.1. The van der Waals surface area contributed by atoms with Gasteiger partial charge in [0, 0.05) is 19.0 Å². The van der Waals surface area contributed by atoms with Gasteiger partial charge in [-0.3, -0.25) is 9.59 Å². The van der Waals surface area contributed by atoms with Crippen LogP contribution in [0.5, 0.6) is 0 Å². The average Bonchev–Trinajstić information content (AvgIpc) is 3.20. The van der Waals surface area contributed by atoms with E-state index in [-0.39, 0.29) is 47.2 Å². The molecule has 1 aromatic rings. The Bertz CT molecular complexity index is 909. The van der Waals surface area contributed by atoms with Gasteiger partial charge in [-0.2, -0.15) is 0 Å². The van der Waals surface area contributed by atoms with Gasteiger partial charge in [0.05, 0.1) is 23.5 Å². The maximum absolute atomic E-state index is 12.9. The van der Waals surface area contributed by atoms with E-state index in [0.29, 0.717) is 13.0 Å². The van der Waals surface area contributed by atoms with Gasteiger partial charge in [0.2, 0.25) is 11.8 Å². The monoisotopic (exact) mass is 404 g/mol. The van der Waals surface area contributed by atoms with E-state index in [1.807, 2.05) is 12.1 Å². The number of carbonyl (C=O) groups excluding carboxylic acids is 2. The first-order valence-corrected chi connectivity index (χ1v) is 11.9. The molecule has 4 rings (SSSR count). The topological polar surface area (TPSA) is 83.6 Å². The normalized spacial score (nSPS) is 30.9. The second kappa shape index (κ2) is 6.87. The van der Waals surface area contributed by atoms with E-state index < -0.39 is 15.8 Å². The largest absolute Gasteiger partial charge is 0.349 e. The predicted molar refractivity (Wildman–Crippen MR) is 106 cm³/mol. The number of benzene rings is 1. The zero-order valence-corrected chi connectivity index (χ0v) is 17.3. The van der Waals surface area contributed by atoms with E-state index in [4.69, 9.17) is 0 Å². The molecule has 3 atom stereocenters. The molecule has 2 aliphatic heterocycles. The molecule has 0 aromatic heterocycles. The molecule has 0 bridgehead atoms. The van der Waals surface area contributed by atoms with Crippen molar-refractivity contribution in [2.45, 2.75) is 57.0 Å². The van der Waals surface area contributed by atoms with E-state index in [1.165, 1.54) is 5.56 Å². The Hall–Kier alpha value is -1.89. The van der Waals surface area contributed by atoms with E-state index in [9.17, 15) is 18.0 Å². The molecule has 1 aromatic carbocycles. The van der Waals surface area contributed by atoms with Crippen molar-refractivity contribution in [3.8, 4) is 0 Å². The molecule has 28 heavy (non-hydrogen) atoms. The highest BCUT2D eigenvalue weighted by atomic mass is 32.2. The van der Waals surface area contributed by atoms with Crippen LogP contribution in [0.1, 0.15) is 56.7 Å². The Labute approximate surface area is 166 Å². The van der Waals surface area contributed by atoms with Crippen molar-refractivity contribution < 1.29 is 18.0 Å². The molecule has 152 valence electrons. The SMILES string of the molecule is CC1(C)CC[C@H](NC(=O)[C@H]2CC(=O)N([C@H]3CCS(=O)(=O)C3)C2)c2ccccc21. The summed E-state index contributed by atoms with van der Waals surface area (Å²) in [5.41, 5.74) is 2.52. The molecule has 2 heterocycles. The lowest BCUT2D eigenvalue weighted by Crippen LogP contribution is -2.41. The minimum atomic E-state index is -3.06. The zero-order chi connectivity index (χ0) is 20.1. The summed E-state index contributed by atoms with van der Waals surface area (Å²) in [6, 6.07) is 7.94. The Kier molecular flexibility index (Phi) is 4.76. The Balaban J connectivity index is 1.44. The second-order valence-corrected chi connectivity index (χ2v) is 11.3. The summed E-state index contributed by atoms with van der Waals surface area (Å²) in [5.74, 6) is -0.452. The smallest absolute Gasteiger partial charge is 0.225 e. The van der Waals surface area contributed by atoms with Crippen LogP contribution in [0.3, 0.4) is 0 Å². The Morgan fingerprint density at radius 3 is 2.68 bits per heavy atom. The number of hydrogen-bond donors (Lipinski definition) is 1. The number of rotatable bonds is 3. The Morgan fingerprint density at radius 1 is 1.21 bits per heavy atom. The Morgan fingerprint density at radius 2 is 1.96 bits per heavy atom. The number of hydrogen-bond acceptors (Lipinski definition) is 4. The number of nitrogens with zero attached hydrogens (tertiary/aromatic N) is 1. The standard InChI is InChI=1S/C21H28N2O4S/c1-21(2)9-7-18(16-5-3-4-6-17(16)21)22-20(25)14-11-19(24)23(12-14)15-8-10-28(26,27)13-15/h3-6,14-15,18H,7-13H2,1-2H3,(H,22,25)/t14-,15-,18-/m0/s1. The highest BCUT2D eigenvalue weighted by molar-refractivity contribution is 7.91. The summed E-state index contributed by atoms with van der Waals surface area (Å²) >= 11 is 0. The van der Waals surface area contributed by atoms with E-state index in [2.05, 4.69) is 31.3 Å². The highest BCUT2D eigenvalue weighted by Gasteiger charge is 2.42. The van der Waals surface area contributed by atoms with Crippen LogP contribution < -0.4 is 5.32 Å². The van der Waals surface area contributed by atoms with Gasteiger partial charge in [-0.25, -0.2) is 8.42 Å². The van der Waals surface area contributed by atoms with Crippen LogP contribution in [0.2, 0.25) is 0 Å². The molecule has 0 unspecified atom stereocenters. The summed E-state index contributed by atoms with van der Waals surface area (Å²) < 4.78 is 23.5. The molecule has 2 fully saturated rings. The number of amides is 2. The molecule has 0 spiro atoms. The number of likely N-dealkylation sites (tertiary alicyclic amines) is 1. The van der Waals surface area contributed by atoms with Crippen molar-refractivity contribution in [1.29, 1.82) is 0 Å². The summed E-state index contributed by atoms with van der Waals surface area (Å²) in [7, 11) is -3.06. The molecule has 0 radical (unpaired) electrons. The van der Waals surface area contributed by atoms with Crippen LogP contribution in [0.15, 0.2) is 24.3 Å². The van der Waals surface area contributed by atoms with Crippen LogP contribution >= 0.6 is 0 Å². The number of sulfone groups is 1. The third-order valence-corrected chi connectivity index (χ3v) is 8.37. The molecule has 0 saturated carbocycles. The van der Waals surface area contributed by atoms with Crippen molar-refractivity contribution >= 4 is 21.7 Å². The number of fused-ring (bicyclic) bond motifs is 1. The maximum Gasteiger partial charge on any atom is 0.225 e. The first-order chi connectivity index (χ1) is 13.2. The minimum absolute atomic E-state index is 0.0260. The summed E-state index contributed by atoms with van der Waals surface area (Å²) in [6.07, 6.45) is 2.52. The summed E-state index contributed by atoms with van der Waals surface area (Å²) in [4.78, 5) is 26.9. The molecular weight excluding hydrogens is 376 g/mol. The summed E-state index contributed by atoms with van der Waals surface area (Å²) in [5, 5.41) is 3.17. The molecule has 1 N–H and O–H groups in total. The fourth-order valence-electron chi connectivity index (χ4n) is 4.93. The predicted octanol–water partition coefficient (Wildman–Crippen LogP) is 1.95. The van der Waals surface area contributed by atoms with Crippen LogP contribution in [0.4, 0.5) is 0 Å². The van der Waals surface area contributed by atoms with Gasteiger partial charge in [0.1, 0.15) is 0 Å². The fourth-order valence-corrected chi connectivity index (χ4v) is 6.66. The van der Waals surface area contributed by atoms with Crippen LogP contribution in [-0.2, 0) is 24.8 Å². The molecule has 1 aliphatic carbocycles. The van der Waals surface area contributed by atoms with Gasteiger partial charge >= 0.3 is 0 Å². The van der Waals surface area contributed by atoms with Crippen LogP contribution in [0, 0.1) is 5.92 Å². The van der Waals surface area contributed by atoms with Crippen LogP contribution in [0.25, 0.3) is 0 Å². The van der Waals surface area contributed by atoms with Gasteiger partial charge in [-0.15, -0.1) is 0 Å². The second-order valence-electron chi connectivity index (χ2n) is 9.07. The van der Waals surface area contributed by atoms with E-state index in [1.54, 1.807) is 4.90 Å². The van der Waals surface area contributed by atoms with Crippen molar-refractivity contribution in [3.63, 3.8) is 0 Å². The molecule has 7 heteroatoms. The van der Waals surface area contributed by atoms with Crippen molar-refractivity contribution in [2.24, 2.45) is 5.92 Å². The summed E-state index contributed by atoms with van der Waals surface area (Å²) in [6.45, 7) is 4.78. The van der Waals surface area contributed by atoms with Gasteiger partial charge in [0.25, 0.3) is 0 Å². The van der Waals surface area contributed by atoms with Crippen molar-refractivity contribution in [2.75, 3.05) is 18.1 Å². The van der Waals surface area contributed by atoms with Crippen LogP contribution in [-0.4, -0.2) is 49.2 Å².